The van der Waals surface area contributed by atoms with Crippen LogP contribution in [0.1, 0.15) is 60.1 Å². The summed E-state index contributed by atoms with van der Waals surface area (Å²) in [5, 5.41) is 10.8. The maximum Gasteiger partial charge on any atom is 0.416 e. The van der Waals surface area contributed by atoms with Crippen molar-refractivity contribution in [1.82, 2.24) is 9.80 Å². The summed E-state index contributed by atoms with van der Waals surface area (Å²) in [5.41, 5.74) is 3.33. The fourth-order valence-corrected chi connectivity index (χ4v) is 5.53. The summed E-state index contributed by atoms with van der Waals surface area (Å²) in [6.45, 7) is 8.34. The van der Waals surface area contributed by atoms with Crippen LogP contribution in [-0.2, 0) is 23.9 Å². The van der Waals surface area contributed by atoms with Gasteiger partial charge >= 0.3 is 6.18 Å². The zero-order chi connectivity index (χ0) is 25.2. The highest BCUT2D eigenvalue weighted by Crippen LogP contribution is 2.41. The van der Waals surface area contributed by atoms with Crippen molar-refractivity contribution >= 4 is 0 Å². The molecular formula is C28H37F3N2O2. The highest BCUT2D eigenvalue weighted by Gasteiger charge is 2.36. The molecule has 1 N–H and O–H groups in total. The molecule has 0 bridgehead atoms. The summed E-state index contributed by atoms with van der Waals surface area (Å²) >= 11 is 0. The van der Waals surface area contributed by atoms with Gasteiger partial charge < -0.3 is 14.7 Å². The van der Waals surface area contributed by atoms with E-state index in [1.54, 1.807) is 12.1 Å². The molecule has 192 valence electrons. The highest BCUT2D eigenvalue weighted by molar-refractivity contribution is 5.47. The van der Waals surface area contributed by atoms with Crippen molar-refractivity contribution in [2.75, 3.05) is 33.2 Å². The Hall–Kier alpha value is -2.09. The van der Waals surface area contributed by atoms with E-state index in [-0.39, 0.29) is 12.2 Å². The molecule has 0 aromatic heterocycles. The van der Waals surface area contributed by atoms with Gasteiger partial charge in [-0.25, -0.2) is 0 Å². The fraction of sp³-hybridized carbons (Fsp3) is 0.571. The number of likely N-dealkylation sites (N-methyl/N-ethyl adjacent to an activating group) is 1. The third-order valence-electron chi connectivity index (χ3n) is 7.54. The largest absolute Gasteiger partial charge is 0.507 e. The van der Waals surface area contributed by atoms with Gasteiger partial charge in [-0.2, -0.15) is 13.2 Å². The third-order valence-corrected chi connectivity index (χ3v) is 7.54. The Morgan fingerprint density at radius 1 is 1.09 bits per heavy atom. The number of ether oxygens (including phenoxy) is 1. The highest BCUT2D eigenvalue weighted by atomic mass is 19.4. The summed E-state index contributed by atoms with van der Waals surface area (Å²) in [6.07, 6.45) is -0.544. The molecule has 0 unspecified atom stereocenters. The number of rotatable bonds is 7. The predicted octanol–water partition coefficient (Wildman–Crippen LogP) is 5.96. The van der Waals surface area contributed by atoms with Crippen molar-refractivity contribution in [3.8, 4) is 5.75 Å². The first-order chi connectivity index (χ1) is 16.7. The van der Waals surface area contributed by atoms with E-state index in [0.29, 0.717) is 18.2 Å². The normalized spacial score (nSPS) is 21.9. The Bertz CT molecular complexity index is 985. The second kappa shape index (κ2) is 10.9. The molecule has 0 saturated carbocycles. The molecule has 4 rings (SSSR count). The number of alkyl halides is 3. The predicted molar refractivity (Wildman–Crippen MR) is 131 cm³/mol. The number of fused-ring (bicyclic) bond motifs is 1. The number of benzene rings is 2. The molecule has 0 amide bonds. The van der Waals surface area contributed by atoms with Crippen molar-refractivity contribution < 1.29 is 23.0 Å². The zero-order valence-electron chi connectivity index (χ0n) is 20.9. The standard InChI is InChI=1S/C28H37F3N2O2/c1-4-13-32(3)18-26-23-10-5-19(2)27(34)24(23)16-25(35-26)21-11-14-33(15-12-21)17-20-6-8-22(9-7-20)28(29,30)31/h5-10,21,25-26,34H,4,11-18H2,1-3H3/t25-,26-/m0/s1. The molecule has 2 atom stereocenters. The van der Waals surface area contributed by atoms with Crippen LogP contribution in [-0.4, -0.2) is 54.2 Å². The molecule has 0 aliphatic carbocycles. The molecule has 2 aliphatic rings. The van der Waals surface area contributed by atoms with Gasteiger partial charge in [0.2, 0.25) is 0 Å². The minimum Gasteiger partial charge on any atom is -0.507 e. The average molecular weight is 491 g/mol. The minimum absolute atomic E-state index is 0.0584. The Kier molecular flexibility index (Phi) is 8.09. The van der Waals surface area contributed by atoms with E-state index in [4.69, 9.17) is 4.74 Å². The average Bonchev–Trinajstić information content (AvgIpc) is 2.82. The molecule has 7 heteroatoms. The van der Waals surface area contributed by atoms with E-state index < -0.39 is 11.7 Å². The van der Waals surface area contributed by atoms with Crippen molar-refractivity contribution in [2.24, 2.45) is 5.92 Å². The Labute approximate surface area is 206 Å². The van der Waals surface area contributed by atoms with Crippen molar-refractivity contribution in [2.45, 2.75) is 64.5 Å². The van der Waals surface area contributed by atoms with Gasteiger partial charge in [0.15, 0.2) is 0 Å². The van der Waals surface area contributed by atoms with Gasteiger partial charge in [0.05, 0.1) is 17.8 Å². The van der Waals surface area contributed by atoms with Crippen LogP contribution in [0, 0.1) is 12.8 Å². The summed E-state index contributed by atoms with van der Waals surface area (Å²) in [7, 11) is 2.12. The topological polar surface area (TPSA) is 35.9 Å². The van der Waals surface area contributed by atoms with Gasteiger partial charge in [-0.15, -0.1) is 0 Å². The maximum absolute atomic E-state index is 12.8. The number of hydrogen-bond acceptors (Lipinski definition) is 4. The monoisotopic (exact) mass is 490 g/mol. The van der Waals surface area contributed by atoms with Gasteiger partial charge in [0, 0.05) is 25.1 Å². The number of piperidine rings is 1. The summed E-state index contributed by atoms with van der Waals surface area (Å²) in [6, 6.07) is 9.58. The van der Waals surface area contributed by atoms with E-state index in [1.165, 1.54) is 12.1 Å². The molecule has 0 radical (unpaired) electrons. The summed E-state index contributed by atoms with van der Waals surface area (Å²) < 4.78 is 45.2. The second-order valence-corrected chi connectivity index (χ2v) is 10.2. The number of phenolic OH excluding ortho intramolecular Hbond substituents is 1. The number of aromatic hydroxyl groups is 1. The van der Waals surface area contributed by atoms with E-state index >= 15 is 0 Å². The Morgan fingerprint density at radius 3 is 2.40 bits per heavy atom. The fourth-order valence-electron chi connectivity index (χ4n) is 5.53. The molecule has 2 aromatic rings. The zero-order valence-corrected chi connectivity index (χ0v) is 20.9. The lowest BCUT2D eigenvalue weighted by atomic mass is 9.83. The second-order valence-electron chi connectivity index (χ2n) is 10.2. The first kappa shape index (κ1) is 26.0. The van der Waals surface area contributed by atoms with Crippen LogP contribution in [0.25, 0.3) is 0 Å². The molecule has 4 nitrogen and oxygen atoms in total. The maximum atomic E-state index is 12.8. The van der Waals surface area contributed by atoms with E-state index in [9.17, 15) is 18.3 Å². The van der Waals surface area contributed by atoms with Crippen molar-refractivity contribution in [3.63, 3.8) is 0 Å². The summed E-state index contributed by atoms with van der Waals surface area (Å²) in [4.78, 5) is 4.60. The van der Waals surface area contributed by atoms with Crippen LogP contribution in [0.4, 0.5) is 13.2 Å². The molecule has 35 heavy (non-hydrogen) atoms. The first-order valence-electron chi connectivity index (χ1n) is 12.7. The number of nitrogens with zero attached hydrogens (tertiary/aromatic N) is 2. The molecule has 1 saturated heterocycles. The SMILES string of the molecule is CCCN(C)C[C@@H]1O[C@H](C2CCN(Cc3ccc(C(F)(F)F)cc3)CC2)Cc2c1ccc(C)c2O. The van der Waals surface area contributed by atoms with Crippen molar-refractivity contribution in [3.05, 3.63) is 64.2 Å². The number of halogens is 3. The van der Waals surface area contributed by atoms with Gasteiger partial charge in [0.1, 0.15) is 5.75 Å². The Morgan fingerprint density at radius 2 is 1.77 bits per heavy atom. The first-order valence-corrected chi connectivity index (χ1v) is 12.7. The van der Waals surface area contributed by atoms with Gasteiger partial charge in [-0.05, 0) is 87.6 Å². The van der Waals surface area contributed by atoms with Gasteiger partial charge in [-0.1, -0.05) is 31.2 Å². The quantitative estimate of drug-likeness (QED) is 0.520. The third kappa shape index (κ3) is 6.19. The molecule has 0 spiro atoms. The van der Waals surface area contributed by atoms with Crippen LogP contribution in [0.15, 0.2) is 36.4 Å². The van der Waals surface area contributed by atoms with Crippen LogP contribution in [0.2, 0.25) is 0 Å². The molecular weight excluding hydrogens is 453 g/mol. The lowest BCUT2D eigenvalue weighted by Crippen LogP contribution is -2.42. The molecule has 2 heterocycles. The number of likely N-dealkylation sites (tertiary alicyclic amines) is 1. The van der Waals surface area contributed by atoms with Crippen molar-refractivity contribution in [1.29, 1.82) is 0 Å². The van der Waals surface area contributed by atoms with E-state index in [0.717, 1.165) is 74.1 Å². The summed E-state index contributed by atoms with van der Waals surface area (Å²) in [5.74, 6) is 0.796. The Balaban J connectivity index is 1.40. The lowest BCUT2D eigenvalue weighted by Gasteiger charge is -2.41. The van der Waals surface area contributed by atoms with Crippen LogP contribution >= 0.6 is 0 Å². The molecule has 2 aromatic carbocycles. The molecule has 1 fully saturated rings. The lowest BCUT2D eigenvalue weighted by molar-refractivity contribution is -0.137. The minimum atomic E-state index is -4.30. The van der Waals surface area contributed by atoms with Crippen LogP contribution in [0.5, 0.6) is 5.75 Å². The molecule has 2 aliphatic heterocycles. The van der Waals surface area contributed by atoms with Gasteiger partial charge in [-0.3, -0.25) is 4.90 Å². The number of aryl methyl sites for hydroxylation is 1. The van der Waals surface area contributed by atoms with E-state index in [1.807, 2.05) is 13.0 Å². The number of phenols is 1. The van der Waals surface area contributed by atoms with Crippen LogP contribution in [0.3, 0.4) is 0 Å². The van der Waals surface area contributed by atoms with Crippen LogP contribution < -0.4 is 0 Å². The number of hydrogen-bond donors (Lipinski definition) is 1. The van der Waals surface area contributed by atoms with Gasteiger partial charge in [0.25, 0.3) is 0 Å². The smallest absolute Gasteiger partial charge is 0.416 e. The van der Waals surface area contributed by atoms with E-state index in [2.05, 4.69) is 29.8 Å².